The van der Waals surface area contributed by atoms with Gasteiger partial charge in [-0.1, -0.05) is 24.3 Å². The average molecular weight is 231 g/mol. The third-order valence-corrected chi connectivity index (χ3v) is 3.31. The minimum absolute atomic E-state index is 0.0786. The highest BCUT2D eigenvalue weighted by Crippen LogP contribution is 2.36. The lowest BCUT2D eigenvalue weighted by Crippen LogP contribution is -2.46. The third-order valence-electron chi connectivity index (χ3n) is 3.31. The highest BCUT2D eigenvalue weighted by molar-refractivity contribution is 6.53. The summed E-state index contributed by atoms with van der Waals surface area (Å²) in [5.74, 6) is -0.656. The third kappa shape index (κ3) is 1.06. The van der Waals surface area contributed by atoms with Gasteiger partial charge in [0, 0.05) is 16.0 Å². The van der Waals surface area contributed by atoms with E-state index in [9.17, 15) is 14.8 Å². The Kier molecular flexibility index (Phi) is 1.73. The van der Waals surface area contributed by atoms with Gasteiger partial charge in [0.15, 0.2) is 5.78 Å². The minimum Gasteiger partial charge on any atom is -0.401 e. The number of carbonyl (C=O) groups is 2. The van der Waals surface area contributed by atoms with Crippen molar-refractivity contribution in [3.63, 3.8) is 0 Å². The molecule has 0 radical (unpaired) electrons. The summed E-state index contributed by atoms with van der Waals surface area (Å²) in [5, 5.41) is 11.5. The summed E-state index contributed by atoms with van der Waals surface area (Å²) in [5.41, 5.74) is -0.618. The molecule has 0 fully saturated rings. The Bertz CT molecular complexity index is 590. The van der Waals surface area contributed by atoms with Crippen molar-refractivity contribution in [2.75, 3.05) is 6.61 Å². The predicted octanol–water partition coefficient (Wildman–Crippen LogP) is 0.968. The maximum atomic E-state index is 12.3. The van der Waals surface area contributed by atoms with Gasteiger partial charge in [-0.25, -0.2) is 0 Å². The second kappa shape index (κ2) is 2.94. The standard InChI is InChI=1S/C12H9NO4/c1-12-6-17-13(16)10(12)9(14)7-4-2-3-5-8(7)11(12)15/h2-5H,6H2,1H3. The van der Waals surface area contributed by atoms with Gasteiger partial charge >= 0.3 is 5.71 Å². The summed E-state index contributed by atoms with van der Waals surface area (Å²) in [7, 11) is 0. The molecule has 0 saturated carbocycles. The van der Waals surface area contributed by atoms with E-state index < -0.39 is 11.2 Å². The van der Waals surface area contributed by atoms with Crippen LogP contribution in [0.15, 0.2) is 24.3 Å². The minimum atomic E-state index is -1.15. The second-order valence-corrected chi connectivity index (χ2v) is 4.42. The van der Waals surface area contributed by atoms with Gasteiger partial charge in [-0.05, 0) is 6.92 Å². The molecule has 2 aliphatic rings. The Hall–Kier alpha value is -2.17. The Balaban J connectivity index is 2.34. The van der Waals surface area contributed by atoms with Crippen LogP contribution in [0.1, 0.15) is 27.6 Å². The molecule has 3 rings (SSSR count). The summed E-state index contributed by atoms with van der Waals surface area (Å²) in [6, 6.07) is 6.51. The van der Waals surface area contributed by atoms with Crippen molar-refractivity contribution in [2.24, 2.45) is 5.41 Å². The number of hydrogen-bond donors (Lipinski definition) is 0. The summed E-state index contributed by atoms with van der Waals surface area (Å²) in [6.07, 6.45) is 0. The first kappa shape index (κ1) is 10.0. The second-order valence-electron chi connectivity index (χ2n) is 4.42. The van der Waals surface area contributed by atoms with Crippen molar-refractivity contribution in [3.05, 3.63) is 40.6 Å². The maximum absolute atomic E-state index is 12.3. The van der Waals surface area contributed by atoms with Gasteiger partial charge < -0.3 is 4.84 Å². The molecule has 1 heterocycles. The fourth-order valence-electron chi connectivity index (χ4n) is 2.33. The molecule has 1 aliphatic carbocycles. The number of carbonyl (C=O) groups excluding carboxylic acids is 2. The van der Waals surface area contributed by atoms with Crippen molar-refractivity contribution >= 4 is 17.3 Å². The molecular weight excluding hydrogens is 222 g/mol. The van der Waals surface area contributed by atoms with Crippen LogP contribution in [-0.4, -0.2) is 28.8 Å². The summed E-state index contributed by atoms with van der Waals surface area (Å²) >= 11 is 0. The number of hydrogen-bond acceptors (Lipinski definition) is 4. The molecule has 0 aromatic heterocycles. The largest absolute Gasteiger partial charge is 0.401 e. The van der Waals surface area contributed by atoms with E-state index in [0.717, 1.165) is 0 Å². The van der Waals surface area contributed by atoms with E-state index in [-0.39, 0.29) is 28.6 Å². The van der Waals surface area contributed by atoms with Gasteiger partial charge in [0.25, 0.3) is 5.78 Å². The van der Waals surface area contributed by atoms with Gasteiger partial charge in [-0.3, -0.25) is 14.8 Å². The number of Topliss-reactive ketones (excluding diaryl/α,β-unsaturated/α-hetero) is 2. The van der Waals surface area contributed by atoms with Gasteiger partial charge in [-0.15, -0.1) is 0 Å². The van der Waals surface area contributed by atoms with Crippen molar-refractivity contribution < 1.29 is 19.3 Å². The van der Waals surface area contributed by atoms with Crippen LogP contribution in [0.3, 0.4) is 0 Å². The van der Waals surface area contributed by atoms with E-state index in [4.69, 9.17) is 4.84 Å². The van der Waals surface area contributed by atoms with Gasteiger partial charge in [0.2, 0.25) is 0 Å². The van der Waals surface area contributed by atoms with Crippen LogP contribution in [0.4, 0.5) is 0 Å². The Morgan fingerprint density at radius 3 is 2.65 bits per heavy atom. The van der Waals surface area contributed by atoms with E-state index in [1.807, 2.05) is 0 Å². The number of fused-ring (bicyclic) bond motifs is 2. The van der Waals surface area contributed by atoms with Crippen molar-refractivity contribution in [3.8, 4) is 0 Å². The molecule has 17 heavy (non-hydrogen) atoms. The van der Waals surface area contributed by atoms with Crippen molar-refractivity contribution in [1.29, 1.82) is 0 Å². The molecule has 1 unspecified atom stereocenters. The van der Waals surface area contributed by atoms with Gasteiger partial charge in [0.1, 0.15) is 5.41 Å². The first-order valence-electron chi connectivity index (χ1n) is 5.22. The molecule has 0 bridgehead atoms. The van der Waals surface area contributed by atoms with Crippen LogP contribution in [0.25, 0.3) is 0 Å². The molecular formula is C12H9NO4. The zero-order valence-electron chi connectivity index (χ0n) is 9.10. The highest BCUT2D eigenvalue weighted by atomic mass is 16.9. The van der Waals surface area contributed by atoms with E-state index >= 15 is 0 Å². The van der Waals surface area contributed by atoms with Crippen molar-refractivity contribution in [1.82, 2.24) is 0 Å². The molecule has 5 nitrogen and oxygen atoms in total. The molecule has 0 N–H and O–H groups in total. The van der Waals surface area contributed by atoms with E-state index in [0.29, 0.717) is 5.56 Å². The Morgan fingerprint density at radius 1 is 1.29 bits per heavy atom. The summed E-state index contributed by atoms with van der Waals surface area (Å²) in [4.78, 5) is 29.4. The van der Waals surface area contributed by atoms with Crippen LogP contribution in [-0.2, 0) is 4.84 Å². The van der Waals surface area contributed by atoms with Crippen LogP contribution < -0.4 is 0 Å². The number of rotatable bonds is 0. The molecule has 0 saturated heterocycles. The Labute approximate surface area is 96.9 Å². The molecule has 5 heteroatoms. The number of benzene rings is 1. The average Bonchev–Trinajstić information content (AvgIpc) is 2.64. The fraction of sp³-hybridized carbons (Fsp3) is 0.250. The molecule has 0 spiro atoms. The molecule has 0 amide bonds. The molecule has 1 atom stereocenters. The summed E-state index contributed by atoms with van der Waals surface area (Å²) < 4.78 is 0. The number of ketones is 2. The highest BCUT2D eigenvalue weighted by Gasteiger charge is 2.57. The zero-order chi connectivity index (χ0) is 12.2. The van der Waals surface area contributed by atoms with Crippen molar-refractivity contribution in [2.45, 2.75) is 6.92 Å². The number of nitrogens with zero attached hydrogens (tertiary/aromatic N) is 1. The monoisotopic (exact) mass is 231 g/mol. The van der Waals surface area contributed by atoms with Gasteiger partial charge in [-0.2, -0.15) is 0 Å². The molecule has 1 aromatic carbocycles. The smallest absolute Gasteiger partial charge is 0.307 e. The summed E-state index contributed by atoms with van der Waals surface area (Å²) in [6.45, 7) is 1.49. The fourth-order valence-corrected chi connectivity index (χ4v) is 2.33. The molecule has 86 valence electrons. The van der Waals surface area contributed by atoms with E-state index in [2.05, 4.69) is 0 Å². The predicted molar refractivity (Wildman–Crippen MR) is 57.8 cm³/mol. The topological polar surface area (TPSA) is 69.4 Å². The SMILES string of the molecule is CC12CO[N+]([O-])=C1C(=O)c1ccccc1C2=O. The lowest BCUT2D eigenvalue weighted by atomic mass is 9.70. The maximum Gasteiger partial charge on any atom is 0.307 e. The zero-order valence-corrected chi connectivity index (χ0v) is 9.10. The van der Waals surface area contributed by atoms with E-state index in [1.54, 1.807) is 31.2 Å². The van der Waals surface area contributed by atoms with Crippen LogP contribution >= 0.6 is 0 Å². The quantitative estimate of drug-likeness (QED) is 0.624. The molecule has 1 aromatic rings. The Morgan fingerprint density at radius 2 is 1.94 bits per heavy atom. The normalized spacial score (nSPS) is 26.6. The lowest BCUT2D eigenvalue weighted by molar-refractivity contribution is -0.730. The van der Waals surface area contributed by atoms with Crippen LogP contribution in [0.2, 0.25) is 0 Å². The first-order chi connectivity index (χ1) is 8.05. The van der Waals surface area contributed by atoms with Gasteiger partial charge in [0.05, 0.1) is 6.61 Å². The van der Waals surface area contributed by atoms with E-state index in [1.165, 1.54) is 0 Å². The van der Waals surface area contributed by atoms with Crippen LogP contribution in [0.5, 0.6) is 0 Å². The lowest BCUT2D eigenvalue weighted by Gasteiger charge is -2.24. The molecule has 1 aliphatic heterocycles. The first-order valence-corrected chi connectivity index (χ1v) is 5.22. The van der Waals surface area contributed by atoms with Crippen LogP contribution in [0, 0.1) is 10.6 Å².